The number of nitrogens with zero attached hydrogens (tertiary/aromatic N) is 3. The van der Waals surface area contributed by atoms with E-state index in [0.717, 1.165) is 0 Å². The van der Waals surface area contributed by atoms with E-state index in [1.807, 2.05) is 27.7 Å². The van der Waals surface area contributed by atoms with E-state index in [1.54, 1.807) is 29.2 Å². The van der Waals surface area contributed by atoms with Gasteiger partial charge in [-0.1, -0.05) is 12.1 Å². The summed E-state index contributed by atoms with van der Waals surface area (Å²) >= 11 is 0. The number of imide groups is 1. The molecule has 7 nitrogen and oxygen atoms in total. The highest BCUT2D eigenvalue weighted by molar-refractivity contribution is 6.21. The van der Waals surface area contributed by atoms with E-state index in [9.17, 15) is 14.4 Å². The summed E-state index contributed by atoms with van der Waals surface area (Å²) in [5, 5.41) is 0. The molecule has 27 heavy (non-hydrogen) atoms. The van der Waals surface area contributed by atoms with Crippen LogP contribution in [0.1, 0.15) is 48.4 Å². The first-order valence-corrected chi connectivity index (χ1v) is 9.34. The van der Waals surface area contributed by atoms with Crippen molar-refractivity contribution in [1.82, 2.24) is 14.7 Å². The highest BCUT2D eigenvalue weighted by atomic mass is 16.6. The minimum Gasteiger partial charge on any atom is -0.444 e. The molecule has 0 aromatic heterocycles. The summed E-state index contributed by atoms with van der Waals surface area (Å²) in [6.45, 7) is 10.6. The SMILES string of the molecule is CC(CN1CCN(C(=O)OC(C)(C)C)CC1)N1C(=O)c2ccccc2C1=O. The van der Waals surface area contributed by atoms with E-state index in [1.165, 1.54) is 4.90 Å². The maximum absolute atomic E-state index is 12.6. The number of benzene rings is 1. The predicted octanol–water partition coefficient (Wildman–Crippen LogP) is 2.22. The summed E-state index contributed by atoms with van der Waals surface area (Å²) < 4.78 is 5.41. The number of ether oxygens (including phenoxy) is 1. The van der Waals surface area contributed by atoms with Crippen molar-refractivity contribution in [1.29, 1.82) is 0 Å². The number of fused-ring (bicyclic) bond motifs is 1. The Morgan fingerprint density at radius 1 is 1.04 bits per heavy atom. The summed E-state index contributed by atoms with van der Waals surface area (Å²) in [7, 11) is 0. The van der Waals surface area contributed by atoms with Crippen LogP contribution in [0.15, 0.2) is 24.3 Å². The molecule has 2 heterocycles. The lowest BCUT2D eigenvalue weighted by atomic mass is 10.1. The average Bonchev–Trinajstić information content (AvgIpc) is 2.85. The highest BCUT2D eigenvalue weighted by Crippen LogP contribution is 2.25. The predicted molar refractivity (Wildman–Crippen MR) is 101 cm³/mol. The van der Waals surface area contributed by atoms with Crippen LogP contribution < -0.4 is 0 Å². The third-order valence-electron chi connectivity index (χ3n) is 4.81. The lowest BCUT2D eigenvalue weighted by molar-refractivity contribution is 0.0129. The Balaban J connectivity index is 1.55. The number of carbonyl (C=O) groups is 3. The van der Waals surface area contributed by atoms with Crippen LogP contribution in [0, 0.1) is 0 Å². The molecule has 0 bridgehead atoms. The molecule has 2 aliphatic heterocycles. The minimum atomic E-state index is -0.506. The molecule has 146 valence electrons. The Bertz CT molecular complexity index is 713. The van der Waals surface area contributed by atoms with Crippen LogP contribution in [0.2, 0.25) is 0 Å². The van der Waals surface area contributed by atoms with Crippen LogP contribution in [0.5, 0.6) is 0 Å². The molecular formula is C20H27N3O4. The Kier molecular flexibility index (Phi) is 5.24. The Morgan fingerprint density at radius 2 is 1.56 bits per heavy atom. The molecule has 0 spiro atoms. The monoisotopic (exact) mass is 373 g/mol. The maximum atomic E-state index is 12.6. The topological polar surface area (TPSA) is 70.2 Å². The zero-order chi connectivity index (χ0) is 19.8. The summed E-state index contributed by atoms with van der Waals surface area (Å²) in [5.74, 6) is -0.453. The van der Waals surface area contributed by atoms with Crippen molar-refractivity contribution < 1.29 is 19.1 Å². The minimum absolute atomic E-state index is 0.226. The molecule has 1 fully saturated rings. The van der Waals surface area contributed by atoms with Gasteiger partial charge in [0.25, 0.3) is 11.8 Å². The van der Waals surface area contributed by atoms with Crippen molar-refractivity contribution in [3.8, 4) is 0 Å². The number of hydrogen-bond donors (Lipinski definition) is 0. The van der Waals surface area contributed by atoms with Gasteiger partial charge in [0, 0.05) is 32.7 Å². The van der Waals surface area contributed by atoms with Gasteiger partial charge in [-0.25, -0.2) is 4.79 Å². The van der Waals surface area contributed by atoms with Crippen molar-refractivity contribution in [3.63, 3.8) is 0 Å². The molecule has 1 aromatic carbocycles. The summed E-state index contributed by atoms with van der Waals surface area (Å²) in [6, 6.07) is 6.71. The zero-order valence-electron chi connectivity index (χ0n) is 16.4. The Morgan fingerprint density at radius 3 is 2.04 bits per heavy atom. The van der Waals surface area contributed by atoms with Gasteiger partial charge in [0.1, 0.15) is 5.60 Å². The Hall–Kier alpha value is -2.41. The van der Waals surface area contributed by atoms with E-state index in [4.69, 9.17) is 4.74 Å². The molecule has 7 heteroatoms. The van der Waals surface area contributed by atoms with Crippen molar-refractivity contribution in [2.45, 2.75) is 39.3 Å². The van der Waals surface area contributed by atoms with Crippen molar-refractivity contribution >= 4 is 17.9 Å². The smallest absolute Gasteiger partial charge is 0.410 e. The van der Waals surface area contributed by atoms with Crippen molar-refractivity contribution in [2.75, 3.05) is 32.7 Å². The molecule has 3 rings (SSSR count). The summed E-state index contributed by atoms with van der Waals surface area (Å²) in [5.41, 5.74) is 0.446. The van der Waals surface area contributed by atoms with Gasteiger partial charge in [-0.2, -0.15) is 0 Å². The van der Waals surface area contributed by atoms with Gasteiger partial charge in [-0.05, 0) is 39.8 Å². The van der Waals surface area contributed by atoms with E-state index < -0.39 is 5.60 Å². The van der Waals surface area contributed by atoms with Gasteiger partial charge in [0.05, 0.1) is 17.2 Å². The van der Waals surface area contributed by atoms with Crippen molar-refractivity contribution in [2.24, 2.45) is 0 Å². The number of hydrogen-bond acceptors (Lipinski definition) is 5. The molecule has 0 aliphatic carbocycles. The van der Waals surface area contributed by atoms with Gasteiger partial charge in [-0.15, -0.1) is 0 Å². The van der Waals surface area contributed by atoms with Crippen LogP contribution in [0.4, 0.5) is 4.79 Å². The van der Waals surface area contributed by atoms with Crippen LogP contribution in [-0.4, -0.2) is 77.0 Å². The van der Waals surface area contributed by atoms with Gasteiger partial charge in [0.15, 0.2) is 0 Å². The normalized spacial score (nSPS) is 19.3. The second kappa shape index (κ2) is 7.31. The van der Waals surface area contributed by atoms with Crippen molar-refractivity contribution in [3.05, 3.63) is 35.4 Å². The van der Waals surface area contributed by atoms with Gasteiger partial charge in [0.2, 0.25) is 0 Å². The second-order valence-electron chi connectivity index (χ2n) is 8.14. The van der Waals surface area contributed by atoms with E-state index >= 15 is 0 Å². The fraction of sp³-hybridized carbons (Fsp3) is 0.550. The molecule has 1 atom stereocenters. The van der Waals surface area contributed by atoms with E-state index in [0.29, 0.717) is 43.9 Å². The van der Waals surface area contributed by atoms with Crippen LogP contribution in [0.3, 0.4) is 0 Å². The first kappa shape index (κ1) is 19.4. The lowest BCUT2D eigenvalue weighted by Gasteiger charge is -2.37. The molecule has 1 saturated heterocycles. The zero-order valence-corrected chi connectivity index (χ0v) is 16.4. The standard InChI is InChI=1S/C20H27N3O4/c1-14(23-17(24)15-7-5-6-8-16(15)18(23)25)13-21-9-11-22(12-10-21)19(26)27-20(2,3)4/h5-8,14H,9-13H2,1-4H3. The molecule has 0 saturated carbocycles. The second-order valence-corrected chi connectivity index (χ2v) is 8.14. The van der Waals surface area contributed by atoms with Gasteiger partial charge >= 0.3 is 6.09 Å². The van der Waals surface area contributed by atoms with Gasteiger partial charge < -0.3 is 9.64 Å². The van der Waals surface area contributed by atoms with E-state index in [-0.39, 0.29) is 23.9 Å². The van der Waals surface area contributed by atoms with Gasteiger partial charge in [-0.3, -0.25) is 19.4 Å². The summed E-state index contributed by atoms with van der Waals surface area (Å²) in [6.07, 6.45) is -0.296. The molecule has 3 amide bonds. The fourth-order valence-corrected chi connectivity index (χ4v) is 3.50. The lowest BCUT2D eigenvalue weighted by Crippen LogP contribution is -2.53. The molecule has 1 aromatic rings. The maximum Gasteiger partial charge on any atom is 0.410 e. The molecular weight excluding hydrogens is 346 g/mol. The van der Waals surface area contributed by atoms with E-state index in [2.05, 4.69) is 4.90 Å². The largest absolute Gasteiger partial charge is 0.444 e. The average molecular weight is 373 g/mol. The third kappa shape index (κ3) is 4.13. The molecule has 0 radical (unpaired) electrons. The Labute approximate surface area is 159 Å². The number of carbonyl (C=O) groups excluding carboxylic acids is 3. The third-order valence-corrected chi connectivity index (χ3v) is 4.81. The number of rotatable bonds is 3. The first-order valence-electron chi connectivity index (χ1n) is 9.34. The highest BCUT2D eigenvalue weighted by Gasteiger charge is 2.39. The molecule has 0 N–H and O–H groups in total. The van der Waals surface area contributed by atoms with Crippen LogP contribution in [-0.2, 0) is 4.74 Å². The fourth-order valence-electron chi connectivity index (χ4n) is 3.50. The van der Waals surface area contributed by atoms with Crippen LogP contribution >= 0.6 is 0 Å². The molecule has 2 aliphatic rings. The first-order chi connectivity index (χ1) is 12.7. The quantitative estimate of drug-likeness (QED) is 0.760. The number of piperazine rings is 1. The van der Waals surface area contributed by atoms with Crippen LogP contribution in [0.25, 0.3) is 0 Å². The summed E-state index contributed by atoms with van der Waals surface area (Å²) in [4.78, 5) is 42.5. The number of amides is 3. The molecule has 1 unspecified atom stereocenters.